The van der Waals surface area contributed by atoms with Gasteiger partial charge in [0.15, 0.2) is 9.84 Å². The summed E-state index contributed by atoms with van der Waals surface area (Å²) in [7, 11) is -6.02. The third-order valence-corrected chi connectivity index (χ3v) is 6.43. The van der Waals surface area contributed by atoms with Gasteiger partial charge in [0.2, 0.25) is 0 Å². The molecule has 0 spiro atoms. The molecule has 0 aliphatic rings. The maximum atomic E-state index is 12.7. The molecule has 0 saturated heterocycles. The Balaban J connectivity index is 2.55. The van der Waals surface area contributed by atoms with Crippen LogP contribution in [0.15, 0.2) is 52.3 Å². The van der Waals surface area contributed by atoms with Gasteiger partial charge in [-0.15, -0.1) is 0 Å². The second kappa shape index (κ2) is 6.26. The average molecular weight is 364 g/mol. The van der Waals surface area contributed by atoms with E-state index in [1.165, 1.54) is 37.4 Å². The van der Waals surface area contributed by atoms with Crippen LogP contribution in [0.5, 0.6) is 0 Å². The maximum absolute atomic E-state index is 12.7. The molecule has 0 radical (unpaired) electrons. The minimum atomic E-state index is -3.86. The lowest BCUT2D eigenvalue weighted by Crippen LogP contribution is -2.27. The number of rotatable bonds is 4. The van der Waals surface area contributed by atoms with Crippen LogP contribution in [0.3, 0.4) is 0 Å². The Morgan fingerprint density at radius 2 is 1.50 bits per heavy atom. The number of nitrogens with zero attached hydrogens (tertiary/aromatic N) is 2. The summed E-state index contributed by atoms with van der Waals surface area (Å²) in [5.41, 5.74) is 1.01. The van der Waals surface area contributed by atoms with Crippen LogP contribution in [0.1, 0.15) is 11.1 Å². The Hall–Kier alpha value is -2.37. The topological polar surface area (TPSA) is 95.3 Å². The fraction of sp³-hybridized carbons (Fsp3) is 0.188. The first-order chi connectivity index (χ1) is 11.1. The minimum Gasteiger partial charge on any atom is -0.268 e. The van der Waals surface area contributed by atoms with E-state index in [0.29, 0.717) is 0 Å². The molecule has 126 valence electrons. The van der Waals surface area contributed by atoms with Gasteiger partial charge in [0.25, 0.3) is 10.0 Å². The lowest BCUT2D eigenvalue weighted by atomic mass is 10.2. The number of anilines is 1. The van der Waals surface area contributed by atoms with Gasteiger partial charge >= 0.3 is 0 Å². The Labute approximate surface area is 141 Å². The molecule has 0 aliphatic heterocycles. The van der Waals surface area contributed by atoms with Gasteiger partial charge in [-0.05, 0) is 37.3 Å². The van der Waals surface area contributed by atoms with Crippen molar-refractivity contribution in [2.24, 2.45) is 0 Å². The first-order valence-corrected chi connectivity index (χ1v) is 10.2. The monoisotopic (exact) mass is 364 g/mol. The summed E-state index contributed by atoms with van der Waals surface area (Å²) in [6, 6.07) is 12.0. The Kier molecular flexibility index (Phi) is 4.69. The van der Waals surface area contributed by atoms with E-state index in [1.54, 1.807) is 12.1 Å². The van der Waals surface area contributed by atoms with Gasteiger partial charge in [0.05, 0.1) is 21.0 Å². The summed E-state index contributed by atoms with van der Waals surface area (Å²) in [5.74, 6) is 0. The molecule has 0 aliphatic carbocycles. The van der Waals surface area contributed by atoms with Crippen LogP contribution in [0.4, 0.5) is 5.69 Å². The van der Waals surface area contributed by atoms with E-state index in [9.17, 15) is 22.1 Å². The predicted molar refractivity (Wildman–Crippen MR) is 91.0 cm³/mol. The zero-order valence-corrected chi connectivity index (χ0v) is 15.0. The summed E-state index contributed by atoms with van der Waals surface area (Å²) >= 11 is 0. The third kappa shape index (κ3) is 3.42. The summed E-state index contributed by atoms with van der Waals surface area (Å²) < 4.78 is 49.5. The summed E-state index contributed by atoms with van der Waals surface area (Å²) in [4.78, 5) is 0.0515. The van der Waals surface area contributed by atoms with Gasteiger partial charge in [-0.25, -0.2) is 16.8 Å². The number of sulfonamides is 1. The predicted octanol–water partition coefficient (Wildman–Crippen LogP) is 2.10. The van der Waals surface area contributed by atoms with Crippen molar-refractivity contribution in [2.45, 2.75) is 16.7 Å². The van der Waals surface area contributed by atoms with Crippen LogP contribution in [0.2, 0.25) is 0 Å². The van der Waals surface area contributed by atoms with E-state index in [-0.39, 0.29) is 21.0 Å². The van der Waals surface area contributed by atoms with Gasteiger partial charge in [-0.3, -0.25) is 4.31 Å². The molecule has 0 bridgehead atoms. The van der Waals surface area contributed by atoms with Crippen LogP contribution in [-0.4, -0.2) is 30.1 Å². The fourth-order valence-corrected chi connectivity index (χ4v) is 3.97. The van der Waals surface area contributed by atoms with Gasteiger partial charge in [-0.2, -0.15) is 5.26 Å². The van der Waals surface area contributed by atoms with Crippen LogP contribution in [0, 0.1) is 18.3 Å². The normalized spacial score (nSPS) is 11.8. The highest BCUT2D eigenvalue weighted by Gasteiger charge is 2.24. The van der Waals surface area contributed by atoms with Gasteiger partial charge in [0.1, 0.15) is 6.07 Å². The van der Waals surface area contributed by atoms with Crippen LogP contribution >= 0.6 is 0 Å². The molecule has 8 heteroatoms. The summed E-state index contributed by atoms with van der Waals surface area (Å²) in [5, 5.41) is 9.26. The number of benzene rings is 2. The number of hydrogen-bond acceptors (Lipinski definition) is 5. The molecule has 0 fully saturated rings. The van der Waals surface area contributed by atoms with E-state index in [2.05, 4.69) is 0 Å². The lowest BCUT2D eigenvalue weighted by Gasteiger charge is -2.21. The lowest BCUT2D eigenvalue weighted by molar-refractivity contribution is 0.594. The summed E-state index contributed by atoms with van der Waals surface area (Å²) in [6.45, 7) is 1.85. The highest BCUT2D eigenvalue weighted by atomic mass is 32.2. The molecule has 0 aromatic heterocycles. The van der Waals surface area contributed by atoms with E-state index < -0.39 is 19.9 Å². The number of aryl methyl sites for hydroxylation is 1. The SMILES string of the molecule is Cc1ccc(S(=O)(=O)N(C)c2ccc(S(C)(=O)=O)cc2C#N)cc1. The number of nitriles is 1. The first kappa shape index (κ1) is 18.0. The van der Waals surface area contributed by atoms with Crippen molar-refractivity contribution >= 4 is 25.5 Å². The van der Waals surface area contributed by atoms with E-state index in [4.69, 9.17) is 0 Å². The minimum absolute atomic E-state index is 0.0314. The molecule has 24 heavy (non-hydrogen) atoms. The molecule has 0 N–H and O–H groups in total. The molecule has 2 rings (SSSR count). The molecule has 6 nitrogen and oxygen atoms in total. The quantitative estimate of drug-likeness (QED) is 0.828. The molecular weight excluding hydrogens is 348 g/mol. The van der Waals surface area contributed by atoms with Crippen molar-refractivity contribution in [3.8, 4) is 6.07 Å². The van der Waals surface area contributed by atoms with E-state index in [1.807, 2.05) is 13.0 Å². The van der Waals surface area contributed by atoms with E-state index >= 15 is 0 Å². The second-order valence-electron chi connectivity index (χ2n) is 5.35. The molecular formula is C16H16N2O4S2. The van der Waals surface area contributed by atoms with Gasteiger partial charge < -0.3 is 0 Å². The molecule has 0 atom stereocenters. The van der Waals surface area contributed by atoms with Gasteiger partial charge in [0, 0.05) is 13.3 Å². The zero-order chi connectivity index (χ0) is 18.1. The van der Waals surface area contributed by atoms with Crippen molar-refractivity contribution < 1.29 is 16.8 Å². The molecule has 0 amide bonds. The van der Waals surface area contributed by atoms with Crippen molar-refractivity contribution in [1.29, 1.82) is 5.26 Å². The number of sulfone groups is 1. The van der Waals surface area contributed by atoms with Crippen molar-refractivity contribution in [3.05, 3.63) is 53.6 Å². The van der Waals surface area contributed by atoms with Crippen molar-refractivity contribution in [3.63, 3.8) is 0 Å². The highest BCUT2D eigenvalue weighted by Crippen LogP contribution is 2.27. The van der Waals surface area contributed by atoms with Crippen LogP contribution < -0.4 is 4.31 Å². The Morgan fingerprint density at radius 1 is 0.958 bits per heavy atom. The largest absolute Gasteiger partial charge is 0.268 e. The van der Waals surface area contributed by atoms with Crippen LogP contribution in [0.25, 0.3) is 0 Å². The van der Waals surface area contributed by atoms with Crippen LogP contribution in [-0.2, 0) is 19.9 Å². The standard InChI is InChI=1S/C16H16N2O4S2/c1-12-4-6-14(7-5-12)24(21,22)18(2)16-9-8-15(23(3,19)20)10-13(16)11-17/h4-10H,1-3H3. The molecule has 2 aromatic rings. The third-order valence-electron chi connectivity index (χ3n) is 3.54. The van der Waals surface area contributed by atoms with Gasteiger partial charge in [-0.1, -0.05) is 17.7 Å². The number of hydrogen-bond donors (Lipinski definition) is 0. The van der Waals surface area contributed by atoms with E-state index in [0.717, 1.165) is 16.1 Å². The first-order valence-electron chi connectivity index (χ1n) is 6.87. The van der Waals surface area contributed by atoms with Crippen molar-refractivity contribution in [1.82, 2.24) is 0 Å². The summed E-state index contributed by atoms with van der Waals surface area (Å²) in [6.07, 6.45) is 1.02. The fourth-order valence-electron chi connectivity index (χ4n) is 2.11. The maximum Gasteiger partial charge on any atom is 0.264 e. The second-order valence-corrected chi connectivity index (χ2v) is 9.33. The molecule has 0 unspecified atom stereocenters. The van der Waals surface area contributed by atoms with Crippen molar-refractivity contribution in [2.75, 3.05) is 17.6 Å². The molecule has 0 saturated carbocycles. The Bertz CT molecular complexity index is 1020. The molecule has 0 heterocycles. The zero-order valence-electron chi connectivity index (χ0n) is 13.4. The Morgan fingerprint density at radius 3 is 2.00 bits per heavy atom. The smallest absolute Gasteiger partial charge is 0.264 e. The average Bonchev–Trinajstić information content (AvgIpc) is 2.53. The highest BCUT2D eigenvalue weighted by molar-refractivity contribution is 7.92. The molecule has 2 aromatic carbocycles.